The van der Waals surface area contributed by atoms with Gasteiger partial charge in [-0.05, 0) is 12.1 Å². The van der Waals surface area contributed by atoms with Crippen molar-refractivity contribution in [3.63, 3.8) is 0 Å². The zero-order valence-corrected chi connectivity index (χ0v) is 9.82. The van der Waals surface area contributed by atoms with Gasteiger partial charge in [-0.15, -0.1) is 0 Å². The first-order valence-electron chi connectivity index (χ1n) is 5.69. The van der Waals surface area contributed by atoms with E-state index < -0.39 is 6.04 Å². The molecule has 2 N–H and O–H groups in total. The fraction of sp³-hybridized carbons (Fsp3) is 0.231. The van der Waals surface area contributed by atoms with Gasteiger partial charge < -0.3 is 5.11 Å². The summed E-state index contributed by atoms with van der Waals surface area (Å²) in [5.41, 5.74) is 1.73. The Kier molecular flexibility index (Phi) is 4.07. The Morgan fingerprint density at radius 2 is 2.17 bits per heavy atom. The van der Waals surface area contributed by atoms with Crippen molar-refractivity contribution >= 4 is 0 Å². The second-order valence-electron chi connectivity index (χ2n) is 3.79. The third-order valence-corrected chi connectivity index (χ3v) is 2.55. The van der Waals surface area contributed by atoms with Gasteiger partial charge in [-0.1, -0.05) is 18.2 Å². The van der Waals surface area contributed by atoms with E-state index in [0.717, 1.165) is 11.3 Å². The number of hydrogen-bond acceptors (Lipinski definition) is 4. The molecule has 0 fully saturated rings. The number of benzene rings is 1. The van der Waals surface area contributed by atoms with Gasteiger partial charge in [0.1, 0.15) is 6.04 Å². The molecule has 2 rings (SSSR count). The molecule has 1 atom stereocenters. The van der Waals surface area contributed by atoms with Gasteiger partial charge in [-0.3, -0.25) is 5.32 Å². The first-order chi connectivity index (χ1) is 8.85. The van der Waals surface area contributed by atoms with E-state index in [1.807, 2.05) is 36.5 Å². The number of hydrogen-bond donors (Lipinski definition) is 2. The van der Waals surface area contributed by atoms with Crippen molar-refractivity contribution in [2.75, 3.05) is 13.2 Å². The minimum Gasteiger partial charge on any atom is -0.395 e. The summed E-state index contributed by atoms with van der Waals surface area (Å²) < 4.78 is 1.72. The first-order valence-corrected chi connectivity index (χ1v) is 5.69. The quantitative estimate of drug-likeness (QED) is 0.821. The molecule has 18 heavy (non-hydrogen) atoms. The summed E-state index contributed by atoms with van der Waals surface area (Å²) in [7, 11) is 0. The van der Waals surface area contributed by atoms with Crippen LogP contribution in [0.15, 0.2) is 42.7 Å². The van der Waals surface area contributed by atoms with Crippen molar-refractivity contribution in [3.8, 4) is 11.8 Å². The average Bonchev–Trinajstić information content (AvgIpc) is 2.90. The Hall–Kier alpha value is -2.16. The van der Waals surface area contributed by atoms with Crippen molar-refractivity contribution < 1.29 is 5.11 Å². The molecule has 5 heteroatoms. The highest BCUT2D eigenvalue weighted by atomic mass is 16.3. The fourth-order valence-electron chi connectivity index (χ4n) is 1.65. The van der Waals surface area contributed by atoms with Gasteiger partial charge in [0, 0.05) is 18.3 Å². The third-order valence-electron chi connectivity index (χ3n) is 2.55. The predicted octanol–water partition coefficient (Wildman–Crippen LogP) is 1.02. The van der Waals surface area contributed by atoms with Gasteiger partial charge in [0.15, 0.2) is 0 Å². The minimum absolute atomic E-state index is 0.00496. The third kappa shape index (κ3) is 2.74. The highest BCUT2D eigenvalue weighted by Crippen LogP contribution is 2.13. The van der Waals surface area contributed by atoms with E-state index in [1.165, 1.54) is 0 Å². The molecule has 0 bridgehead atoms. The highest BCUT2D eigenvalue weighted by molar-refractivity contribution is 5.32. The van der Waals surface area contributed by atoms with Crippen molar-refractivity contribution in [1.82, 2.24) is 15.1 Å². The molecule has 0 saturated carbocycles. The smallest absolute Gasteiger partial charge is 0.124 e. The zero-order chi connectivity index (χ0) is 12.8. The molecular weight excluding hydrogens is 228 g/mol. The Morgan fingerprint density at radius 1 is 1.39 bits per heavy atom. The summed E-state index contributed by atoms with van der Waals surface area (Å²) in [4.78, 5) is 0. The monoisotopic (exact) mass is 242 g/mol. The molecule has 0 amide bonds. The molecule has 0 saturated heterocycles. The molecule has 0 spiro atoms. The normalized spacial score (nSPS) is 12.0. The molecule has 1 aromatic heterocycles. The number of rotatable bonds is 5. The number of nitriles is 1. The summed E-state index contributed by atoms with van der Waals surface area (Å²) in [6.07, 6.45) is 3.47. The van der Waals surface area contributed by atoms with E-state index in [-0.39, 0.29) is 6.61 Å². The van der Waals surface area contributed by atoms with E-state index in [1.54, 1.807) is 10.9 Å². The number of nitrogens with one attached hydrogen (secondary N) is 1. The van der Waals surface area contributed by atoms with E-state index in [0.29, 0.717) is 6.54 Å². The molecule has 0 aliphatic rings. The summed E-state index contributed by atoms with van der Waals surface area (Å²) in [5, 5.41) is 25.0. The van der Waals surface area contributed by atoms with Crippen molar-refractivity contribution in [1.29, 1.82) is 5.26 Å². The van der Waals surface area contributed by atoms with Crippen molar-refractivity contribution in [3.05, 3.63) is 48.3 Å². The maximum absolute atomic E-state index is 9.05. The van der Waals surface area contributed by atoms with Crippen LogP contribution >= 0.6 is 0 Å². The van der Waals surface area contributed by atoms with E-state index in [9.17, 15) is 0 Å². The van der Waals surface area contributed by atoms with Crippen LogP contribution in [0.1, 0.15) is 11.6 Å². The molecule has 0 aliphatic heterocycles. The number of nitrogens with zero attached hydrogens (tertiary/aromatic N) is 3. The molecule has 1 unspecified atom stereocenters. The van der Waals surface area contributed by atoms with Crippen LogP contribution in [0.5, 0.6) is 0 Å². The Balaban J connectivity index is 2.17. The topological polar surface area (TPSA) is 73.9 Å². The number of para-hydroxylation sites is 1. The van der Waals surface area contributed by atoms with Crippen LogP contribution in [-0.2, 0) is 0 Å². The standard InChI is InChI=1S/C13H14N4O/c14-8-13(15-6-7-18)11-9-16-17(10-11)12-4-2-1-3-5-12/h1-5,9-10,13,15,18H,6-7H2. The summed E-state index contributed by atoms with van der Waals surface area (Å²) in [6.45, 7) is 0.389. The van der Waals surface area contributed by atoms with Crippen molar-refractivity contribution in [2.24, 2.45) is 0 Å². The lowest BCUT2D eigenvalue weighted by atomic mass is 10.2. The van der Waals surface area contributed by atoms with Crippen LogP contribution in [0.25, 0.3) is 5.69 Å². The number of aliphatic hydroxyl groups is 1. The largest absolute Gasteiger partial charge is 0.395 e. The van der Waals surface area contributed by atoms with Crippen LogP contribution in [0.4, 0.5) is 0 Å². The fourth-order valence-corrected chi connectivity index (χ4v) is 1.65. The molecule has 0 radical (unpaired) electrons. The van der Waals surface area contributed by atoms with E-state index in [2.05, 4.69) is 16.5 Å². The number of aromatic nitrogens is 2. The minimum atomic E-state index is -0.449. The highest BCUT2D eigenvalue weighted by Gasteiger charge is 2.12. The Labute approximate surface area is 105 Å². The van der Waals surface area contributed by atoms with Gasteiger partial charge in [0.2, 0.25) is 0 Å². The first kappa shape index (κ1) is 12.3. The van der Waals surface area contributed by atoms with Crippen LogP contribution in [-0.4, -0.2) is 28.0 Å². The molecule has 0 aliphatic carbocycles. The van der Waals surface area contributed by atoms with E-state index >= 15 is 0 Å². The molecule has 2 aromatic rings. The molecule has 1 heterocycles. The average molecular weight is 242 g/mol. The zero-order valence-electron chi connectivity index (χ0n) is 9.82. The van der Waals surface area contributed by atoms with Gasteiger partial charge in [0.05, 0.1) is 24.6 Å². The Bertz CT molecular complexity index is 529. The summed E-state index contributed by atoms with van der Waals surface area (Å²) in [6, 6.07) is 11.4. The molecular formula is C13H14N4O. The molecule has 92 valence electrons. The van der Waals surface area contributed by atoms with Gasteiger partial charge in [-0.2, -0.15) is 10.4 Å². The van der Waals surface area contributed by atoms with Crippen molar-refractivity contribution in [2.45, 2.75) is 6.04 Å². The maximum atomic E-state index is 9.05. The summed E-state index contributed by atoms with van der Waals surface area (Å²) >= 11 is 0. The molecule has 1 aromatic carbocycles. The lowest BCUT2D eigenvalue weighted by molar-refractivity contribution is 0.289. The number of aliphatic hydroxyl groups excluding tert-OH is 1. The van der Waals surface area contributed by atoms with Crippen LogP contribution < -0.4 is 5.32 Å². The van der Waals surface area contributed by atoms with Crippen LogP contribution in [0, 0.1) is 11.3 Å². The predicted molar refractivity (Wildman–Crippen MR) is 67.0 cm³/mol. The van der Waals surface area contributed by atoms with Gasteiger partial charge in [0.25, 0.3) is 0 Å². The Morgan fingerprint density at radius 3 is 2.83 bits per heavy atom. The summed E-state index contributed by atoms with van der Waals surface area (Å²) in [5.74, 6) is 0. The second-order valence-corrected chi connectivity index (χ2v) is 3.79. The van der Waals surface area contributed by atoms with E-state index in [4.69, 9.17) is 10.4 Å². The van der Waals surface area contributed by atoms with Gasteiger partial charge in [-0.25, -0.2) is 4.68 Å². The van der Waals surface area contributed by atoms with Gasteiger partial charge >= 0.3 is 0 Å². The molecule has 5 nitrogen and oxygen atoms in total. The maximum Gasteiger partial charge on any atom is 0.124 e. The SMILES string of the molecule is N#CC(NCCO)c1cnn(-c2ccccc2)c1. The second kappa shape index (κ2) is 5.96. The van der Waals surface area contributed by atoms with Crippen LogP contribution in [0.3, 0.4) is 0 Å². The van der Waals surface area contributed by atoms with Crippen LogP contribution in [0.2, 0.25) is 0 Å². The lowest BCUT2D eigenvalue weighted by Gasteiger charge is -2.07. The lowest BCUT2D eigenvalue weighted by Crippen LogP contribution is -2.22.